The van der Waals surface area contributed by atoms with Crippen LogP contribution in [0.5, 0.6) is 0 Å². The lowest BCUT2D eigenvalue weighted by molar-refractivity contribution is 0.669. The Kier molecular flexibility index (Phi) is 5.88. The second-order valence-corrected chi connectivity index (χ2v) is 15.9. The molecule has 0 spiro atoms. The van der Waals surface area contributed by atoms with Gasteiger partial charge in [-0.25, -0.2) is 0 Å². The van der Waals surface area contributed by atoms with Crippen molar-refractivity contribution in [3.8, 4) is 16.8 Å². The van der Waals surface area contributed by atoms with Crippen LogP contribution in [0.25, 0.3) is 131 Å². The predicted molar refractivity (Wildman–Crippen MR) is 247 cm³/mol. The Morgan fingerprint density at radius 1 is 0.339 bits per heavy atom. The van der Waals surface area contributed by atoms with Gasteiger partial charge in [-0.1, -0.05) is 121 Å². The second kappa shape index (κ2) is 11.1. The quantitative estimate of drug-likeness (QED) is 0.165. The molecule has 4 aromatic heterocycles. The second-order valence-electron chi connectivity index (χ2n) is 15.9. The third kappa shape index (κ3) is 4.00. The third-order valence-electron chi connectivity index (χ3n) is 13.0. The summed E-state index contributed by atoms with van der Waals surface area (Å²) in [6.45, 7) is 0. The first kappa shape index (κ1) is 31.2. The highest BCUT2D eigenvalue weighted by Gasteiger charge is 2.21. The van der Waals surface area contributed by atoms with Gasteiger partial charge in [0, 0.05) is 48.8 Å². The smallest absolute Gasteiger partial charge is 0.263 e. The fourth-order valence-corrected chi connectivity index (χ4v) is 10.5. The minimum atomic E-state index is 0.0290. The molecule has 4 nitrogen and oxygen atoms in total. The van der Waals surface area contributed by atoms with E-state index in [0.29, 0.717) is 0 Å². The Morgan fingerprint density at radius 2 is 0.898 bits per heavy atom. The van der Waals surface area contributed by atoms with Crippen molar-refractivity contribution < 1.29 is 4.42 Å². The SMILES string of the molecule is O=c1c2ccccc2c2cccc3c4cc(-c5ccc6c7ccc(-n8c9ccccc9c9c%10c(ccc98)oc8ccccc8%10)cc7c7ccccc7c6c5)ccc4n1c23. The number of hydrogen-bond donors (Lipinski definition) is 0. The lowest BCUT2D eigenvalue weighted by atomic mass is 9.91. The summed E-state index contributed by atoms with van der Waals surface area (Å²) in [6.07, 6.45) is 0. The van der Waals surface area contributed by atoms with E-state index in [2.05, 4.69) is 162 Å². The highest BCUT2D eigenvalue weighted by Crippen LogP contribution is 2.44. The number of hydrogen-bond acceptors (Lipinski definition) is 2. The fraction of sp³-hybridized carbons (Fsp3) is 0. The predicted octanol–water partition coefficient (Wildman–Crippen LogP) is 14.3. The van der Waals surface area contributed by atoms with Gasteiger partial charge in [0.15, 0.2) is 0 Å². The van der Waals surface area contributed by atoms with Gasteiger partial charge in [0.2, 0.25) is 0 Å². The maximum Gasteiger partial charge on any atom is 0.263 e. The summed E-state index contributed by atoms with van der Waals surface area (Å²) in [6, 6.07) is 65.0. The van der Waals surface area contributed by atoms with E-state index in [1.807, 2.05) is 28.7 Å². The van der Waals surface area contributed by atoms with Crippen molar-refractivity contribution in [1.29, 1.82) is 0 Å². The highest BCUT2D eigenvalue weighted by molar-refractivity contribution is 6.29. The zero-order valence-corrected chi connectivity index (χ0v) is 31.5. The van der Waals surface area contributed by atoms with E-state index >= 15 is 0 Å². The van der Waals surface area contributed by atoms with E-state index in [0.717, 1.165) is 82.2 Å². The Labute approximate surface area is 335 Å². The van der Waals surface area contributed by atoms with Gasteiger partial charge in [0.05, 0.1) is 22.1 Å². The van der Waals surface area contributed by atoms with Crippen molar-refractivity contribution in [2.45, 2.75) is 0 Å². The van der Waals surface area contributed by atoms with Gasteiger partial charge in [0.25, 0.3) is 5.56 Å². The number of para-hydroxylation sites is 3. The summed E-state index contributed by atoms with van der Waals surface area (Å²) in [4.78, 5) is 13.9. The lowest BCUT2D eigenvalue weighted by Gasteiger charge is -2.15. The van der Waals surface area contributed by atoms with E-state index in [1.54, 1.807) is 0 Å². The molecule has 0 bridgehead atoms. The average Bonchev–Trinajstić information content (AvgIpc) is 3.96. The van der Waals surface area contributed by atoms with Crippen molar-refractivity contribution in [3.05, 3.63) is 192 Å². The molecule has 0 N–H and O–H groups in total. The zero-order chi connectivity index (χ0) is 38.5. The number of fused-ring (bicyclic) bond motifs is 18. The summed E-state index contributed by atoms with van der Waals surface area (Å²) >= 11 is 0. The highest BCUT2D eigenvalue weighted by atomic mass is 16.3. The molecule has 0 radical (unpaired) electrons. The lowest BCUT2D eigenvalue weighted by Crippen LogP contribution is -2.12. The van der Waals surface area contributed by atoms with Gasteiger partial charge in [-0.3, -0.25) is 9.20 Å². The van der Waals surface area contributed by atoms with Crippen LogP contribution in [-0.2, 0) is 0 Å². The number of nitrogens with zero attached hydrogens (tertiary/aromatic N) is 2. The summed E-state index contributed by atoms with van der Waals surface area (Å²) in [5.74, 6) is 0. The van der Waals surface area contributed by atoms with Crippen molar-refractivity contribution in [3.63, 3.8) is 0 Å². The molecule has 0 unspecified atom stereocenters. The molecule has 0 saturated carbocycles. The molecule has 0 aliphatic rings. The number of benzene rings is 10. The normalized spacial score (nSPS) is 12.5. The van der Waals surface area contributed by atoms with Gasteiger partial charge in [0.1, 0.15) is 11.2 Å². The van der Waals surface area contributed by atoms with Crippen LogP contribution in [0.4, 0.5) is 0 Å². The van der Waals surface area contributed by atoms with Crippen LogP contribution in [-0.4, -0.2) is 8.97 Å². The van der Waals surface area contributed by atoms with Crippen LogP contribution >= 0.6 is 0 Å². The number of rotatable bonds is 2. The summed E-state index contributed by atoms with van der Waals surface area (Å²) in [5.41, 5.74) is 9.49. The van der Waals surface area contributed by atoms with Crippen LogP contribution in [0, 0.1) is 0 Å². The maximum absolute atomic E-state index is 13.9. The Balaban J connectivity index is 0.984. The molecule has 0 aliphatic carbocycles. The van der Waals surface area contributed by atoms with Crippen molar-refractivity contribution in [1.82, 2.24) is 8.97 Å². The largest absolute Gasteiger partial charge is 0.456 e. The molecular weight excluding hydrogens is 721 g/mol. The van der Waals surface area contributed by atoms with E-state index < -0.39 is 0 Å². The molecule has 272 valence electrons. The Hall–Kier alpha value is -7.95. The van der Waals surface area contributed by atoms with Gasteiger partial charge in [-0.15, -0.1) is 0 Å². The first-order chi connectivity index (χ1) is 29.2. The molecule has 4 heterocycles. The van der Waals surface area contributed by atoms with Gasteiger partial charge >= 0.3 is 0 Å². The van der Waals surface area contributed by atoms with Crippen molar-refractivity contribution in [2.75, 3.05) is 0 Å². The van der Waals surface area contributed by atoms with Gasteiger partial charge in [-0.05, 0) is 109 Å². The summed E-state index contributed by atoms with van der Waals surface area (Å²) in [5, 5.41) is 17.1. The van der Waals surface area contributed by atoms with Crippen molar-refractivity contribution >= 4 is 114 Å². The first-order valence-electron chi connectivity index (χ1n) is 20.1. The van der Waals surface area contributed by atoms with E-state index in [4.69, 9.17) is 4.42 Å². The van der Waals surface area contributed by atoms with Crippen LogP contribution in [0.2, 0.25) is 0 Å². The van der Waals surface area contributed by atoms with Crippen LogP contribution in [0.15, 0.2) is 191 Å². The van der Waals surface area contributed by atoms with Crippen LogP contribution in [0.1, 0.15) is 0 Å². The molecule has 0 amide bonds. The Bertz CT molecular complexity index is 4200. The fourth-order valence-electron chi connectivity index (χ4n) is 10.5. The molecule has 10 aromatic carbocycles. The number of furan rings is 1. The molecule has 0 atom stereocenters. The van der Waals surface area contributed by atoms with Crippen LogP contribution < -0.4 is 5.56 Å². The van der Waals surface area contributed by atoms with E-state index in [1.165, 1.54) is 48.6 Å². The molecule has 59 heavy (non-hydrogen) atoms. The van der Waals surface area contributed by atoms with Gasteiger partial charge in [-0.2, -0.15) is 0 Å². The minimum absolute atomic E-state index is 0.0290. The summed E-state index contributed by atoms with van der Waals surface area (Å²) < 4.78 is 10.7. The van der Waals surface area contributed by atoms with Gasteiger partial charge < -0.3 is 8.98 Å². The molecule has 14 aromatic rings. The molecule has 0 saturated heterocycles. The molecule has 14 rings (SSSR count). The molecule has 0 aliphatic heterocycles. The van der Waals surface area contributed by atoms with E-state index in [9.17, 15) is 4.79 Å². The maximum atomic E-state index is 13.9. The zero-order valence-electron chi connectivity index (χ0n) is 31.5. The third-order valence-corrected chi connectivity index (χ3v) is 13.0. The topological polar surface area (TPSA) is 39.5 Å². The molecule has 0 fully saturated rings. The Morgan fingerprint density at radius 3 is 1.69 bits per heavy atom. The average molecular weight is 751 g/mol. The van der Waals surface area contributed by atoms with Crippen LogP contribution in [0.3, 0.4) is 0 Å². The standard InChI is InChI=1S/C55H30N2O2/c58-55-41-13-4-3-12-36(41)39-16-9-17-40-46-29-32(21-25-48(46)57(55)54(39)40)31-20-23-37-38-24-22-33(30-45(38)35-11-2-1-10-34(35)44(37)28-31)56-47-18-7-5-14-42(47)52-49(56)26-27-51-53(52)43-15-6-8-19-50(43)59-51/h1-30H. The summed E-state index contributed by atoms with van der Waals surface area (Å²) in [7, 11) is 0. The first-order valence-corrected chi connectivity index (χ1v) is 20.1. The van der Waals surface area contributed by atoms with Crippen molar-refractivity contribution in [2.24, 2.45) is 0 Å². The number of aromatic nitrogens is 2. The van der Waals surface area contributed by atoms with E-state index in [-0.39, 0.29) is 5.56 Å². The molecular formula is C55H30N2O2. The minimum Gasteiger partial charge on any atom is -0.456 e. The monoisotopic (exact) mass is 750 g/mol. The number of pyridine rings is 1. The molecule has 4 heteroatoms.